The van der Waals surface area contributed by atoms with E-state index in [4.69, 9.17) is 0 Å². The highest BCUT2D eigenvalue weighted by Gasteiger charge is 1.99. The number of urea groups is 1. The summed E-state index contributed by atoms with van der Waals surface area (Å²) in [5, 5.41) is 9.58. The number of aryl methyl sites for hydroxylation is 1. The quantitative estimate of drug-likeness (QED) is 0.872. The van der Waals surface area contributed by atoms with Gasteiger partial charge in [0, 0.05) is 31.9 Å². The van der Waals surface area contributed by atoms with E-state index in [2.05, 4.69) is 15.7 Å². The Hall–Kier alpha value is -2.56. The first-order valence-electron chi connectivity index (χ1n) is 6.45. The maximum Gasteiger partial charge on any atom is 0.315 e. The number of nitrogens with one attached hydrogen (secondary N) is 2. The third-order valence-corrected chi connectivity index (χ3v) is 2.70. The Labute approximate surface area is 118 Å². The lowest BCUT2D eigenvalue weighted by atomic mass is 10.2. The van der Waals surface area contributed by atoms with Crippen LogP contribution < -0.4 is 10.6 Å². The van der Waals surface area contributed by atoms with Gasteiger partial charge in [-0.25, -0.2) is 4.79 Å². The maximum absolute atomic E-state index is 11.6. The zero-order valence-corrected chi connectivity index (χ0v) is 11.4. The van der Waals surface area contributed by atoms with Gasteiger partial charge in [-0.2, -0.15) is 5.10 Å². The fraction of sp³-hybridized carbons (Fsp3) is 0.200. The van der Waals surface area contributed by atoms with Crippen LogP contribution in [0.5, 0.6) is 0 Å². The van der Waals surface area contributed by atoms with Crippen LogP contribution in [0.2, 0.25) is 0 Å². The highest BCUT2D eigenvalue weighted by Crippen LogP contribution is 2.00. The van der Waals surface area contributed by atoms with Gasteiger partial charge in [0.1, 0.15) is 0 Å². The number of rotatable bonds is 5. The molecule has 0 aliphatic carbocycles. The number of benzene rings is 1. The average molecular weight is 270 g/mol. The van der Waals surface area contributed by atoms with E-state index in [1.54, 1.807) is 10.9 Å². The molecule has 104 valence electrons. The minimum absolute atomic E-state index is 0.188. The fourth-order valence-corrected chi connectivity index (χ4v) is 1.72. The van der Waals surface area contributed by atoms with E-state index in [0.29, 0.717) is 13.1 Å². The lowest BCUT2D eigenvalue weighted by Crippen LogP contribution is -2.34. The van der Waals surface area contributed by atoms with Gasteiger partial charge >= 0.3 is 6.03 Å². The van der Waals surface area contributed by atoms with Gasteiger partial charge in [-0.15, -0.1) is 0 Å². The molecule has 2 N–H and O–H groups in total. The Morgan fingerprint density at radius 2 is 2.10 bits per heavy atom. The first-order chi connectivity index (χ1) is 9.74. The molecule has 2 rings (SSSR count). The molecule has 1 aromatic carbocycles. The summed E-state index contributed by atoms with van der Waals surface area (Å²) in [4.78, 5) is 11.6. The Bertz CT molecular complexity index is 575. The Morgan fingerprint density at radius 3 is 2.80 bits per heavy atom. The summed E-state index contributed by atoms with van der Waals surface area (Å²) in [5.41, 5.74) is 2.09. The van der Waals surface area contributed by atoms with E-state index < -0.39 is 0 Å². The number of amides is 2. The van der Waals surface area contributed by atoms with Gasteiger partial charge in [0.2, 0.25) is 0 Å². The van der Waals surface area contributed by atoms with Crippen LogP contribution in [-0.4, -0.2) is 22.4 Å². The van der Waals surface area contributed by atoms with E-state index in [-0.39, 0.29) is 6.03 Å². The SMILES string of the molecule is Cn1cc(CNC(=O)NC/C=C/c2ccccc2)cn1. The summed E-state index contributed by atoms with van der Waals surface area (Å²) in [6.45, 7) is 0.968. The molecule has 0 bridgehead atoms. The fourth-order valence-electron chi connectivity index (χ4n) is 1.72. The van der Waals surface area contributed by atoms with Crippen LogP contribution in [0.15, 0.2) is 48.8 Å². The molecule has 0 unspecified atom stereocenters. The van der Waals surface area contributed by atoms with Gasteiger partial charge in [-0.05, 0) is 5.56 Å². The molecule has 0 radical (unpaired) electrons. The molecule has 1 aromatic heterocycles. The summed E-state index contributed by atoms with van der Waals surface area (Å²) < 4.78 is 1.71. The van der Waals surface area contributed by atoms with Crippen LogP contribution in [0.25, 0.3) is 6.08 Å². The van der Waals surface area contributed by atoms with Gasteiger partial charge in [-0.3, -0.25) is 4.68 Å². The summed E-state index contributed by atoms with van der Waals surface area (Å²) in [7, 11) is 1.85. The monoisotopic (exact) mass is 270 g/mol. The summed E-state index contributed by atoms with van der Waals surface area (Å²) in [6, 6.07) is 9.77. The lowest BCUT2D eigenvalue weighted by molar-refractivity contribution is 0.241. The lowest BCUT2D eigenvalue weighted by Gasteiger charge is -2.04. The molecule has 5 nitrogen and oxygen atoms in total. The molecule has 0 spiro atoms. The van der Waals surface area contributed by atoms with Crippen molar-refractivity contribution in [2.24, 2.45) is 7.05 Å². The van der Waals surface area contributed by atoms with Crippen molar-refractivity contribution in [3.05, 3.63) is 59.9 Å². The van der Waals surface area contributed by atoms with Crippen molar-refractivity contribution < 1.29 is 4.79 Å². The van der Waals surface area contributed by atoms with Gasteiger partial charge in [0.25, 0.3) is 0 Å². The normalized spacial score (nSPS) is 10.7. The summed E-state index contributed by atoms with van der Waals surface area (Å²) in [5.74, 6) is 0. The number of carbonyl (C=O) groups is 1. The number of carbonyl (C=O) groups excluding carboxylic acids is 1. The van der Waals surface area contributed by atoms with Crippen molar-refractivity contribution in [2.45, 2.75) is 6.54 Å². The molecule has 2 aromatic rings. The first-order valence-corrected chi connectivity index (χ1v) is 6.45. The Kier molecular flexibility index (Phi) is 4.94. The zero-order chi connectivity index (χ0) is 14.2. The molecular weight excluding hydrogens is 252 g/mol. The minimum Gasteiger partial charge on any atom is -0.335 e. The molecule has 0 aliphatic rings. The highest BCUT2D eigenvalue weighted by atomic mass is 16.2. The number of hydrogen-bond acceptors (Lipinski definition) is 2. The molecule has 0 saturated heterocycles. The molecule has 5 heteroatoms. The average Bonchev–Trinajstić information content (AvgIpc) is 2.88. The van der Waals surface area contributed by atoms with Crippen molar-refractivity contribution >= 4 is 12.1 Å². The van der Waals surface area contributed by atoms with Gasteiger partial charge in [-0.1, -0.05) is 42.5 Å². The second-order valence-corrected chi connectivity index (χ2v) is 4.40. The predicted octanol–water partition coefficient (Wildman–Crippen LogP) is 1.93. The molecule has 0 aliphatic heterocycles. The minimum atomic E-state index is -0.188. The summed E-state index contributed by atoms with van der Waals surface area (Å²) in [6.07, 6.45) is 7.49. The number of nitrogens with zero attached hydrogens (tertiary/aromatic N) is 2. The molecule has 2 amide bonds. The Morgan fingerprint density at radius 1 is 1.30 bits per heavy atom. The van der Waals surface area contributed by atoms with Crippen LogP contribution in [-0.2, 0) is 13.6 Å². The van der Waals surface area contributed by atoms with Crippen molar-refractivity contribution in [2.75, 3.05) is 6.54 Å². The summed E-state index contributed by atoms with van der Waals surface area (Å²) >= 11 is 0. The molecule has 1 heterocycles. The topological polar surface area (TPSA) is 59.0 Å². The second-order valence-electron chi connectivity index (χ2n) is 4.40. The standard InChI is InChI=1S/C15H18N4O/c1-19-12-14(11-18-19)10-17-15(20)16-9-5-8-13-6-3-2-4-7-13/h2-8,11-12H,9-10H2,1H3,(H2,16,17,20)/b8-5+. The van der Waals surface area contributed by atoms with E-state index in [1.165, 1.54) is 0 Å². The van der Waals surface area contributed by atoms with Gasteiger partial charge in [0.05, 0.1) is 6.20 Å². The molecule has 0 fully saturated rings. The van der Waals surface area contributed by atoms with Crippen molar-refractivity contribution in [1.82, 2.24) is 20.4 Å². The van der Waals surface area contributed by atoms with Crippen LogP contribution in [0.3, 0.4) is 0 Å². The molecule has 0 atom stereocenters. The van der Waals surface area contributed by atoms with Crippen LogP contribution >= 0.6 is 0 Å². The van der Waals surface area contributed by atoms with E-state index in [1.807, 2.05) is 55.7 Å². The molecule has 0 saturated carbocycles. The van der Waals surface area contributed by atoms with E-state index in [9.17, 15) is 4.79 Å². The third-order valence-electron chi connectivity index (χ3n) is 2.70. The van der Waals surface area contributed by atoms with Crippen LogP contribution in [0.4, 0.5) is 4.79 Å². The second kappa shape index (κ2) is 7.13. The van der Waals surface area contributed by atoms with Gasteiger partial charge in [0.15, 0.2) is 0 Å². The highest BCUT2D eigenvalue weighted by molar-refractivity contribution is 5.74. The van der Waals surface area contributed by atoms with E-state index in [0.717, 1.165) is 11.1 Å². The first kappa shape index (κ1) is 13.9. The molecule has 20 heavy (non-hydrogen) atoms. The zero-order valence-electron chi connectivity index (χ0n) is 11.4. The van der Waals surface area contributed by atoms with E-state index >= 15 is 0 Å². The third kappa shape index (κ3) is 4.61. The van der Waals surface area contributed by atoms with Crippen LogP contribution in [0.1, 0.15) is 11.1 Å². The van der Waals surface area contributed by atoms with Gasteiger partial charge < -0.3 is 10.6 Å². The number of hydrogen-bond donors (Lipinski definition) is 2. The van der Waals surface area contributed by atoms with Crippen molar-refractivity contribution in [3.8, 4) is 0 Å². The molecular formula is C15H18N4O. The smallest absolute Gasteiger partial charge is 0.315 e. The van der Waals surface area contributed by atoms with Crippen molar-refractivity contribution in [1.29, 1.82) is 0 Å². The van der Waals surface area contributed by atoms with Crippen LogP contribution in [0, 0.1) is 0 Å². The predicted molar refractivity (Wildman–Crippen MR) is 78.9 cm³/mol. The Balaban J connectivity index is 1.66. The number of aromatic nitrogens is 2. The largest absolute Gasteiger partial charge is 0.335 e. The van der Waals surface area contributed by atoms with Crippen molar-refractivity contribution in [3.63, 3.8) is 0 Å². The maximum atomic E-state index is 11.6.